The third-order valence-corrected chi connectivity index (χ3v) is 2.26. The summed E-state index contributed by atoms with van der Waals surface area (Å²) < 4.78 is 13.3. The first kappa shape index (κ1) is 12.9. The van der Waals surface area contributed by atoms with E-state index in [1.165, 1.54) is 18.3 Å². The summed E-state index contributed by atoms with van der Waals surface area (Å²) in [7, 11) is 0. The summed E-state index contributed by atoms with van der Waals surface area (Å²) in [6.07, 6.45) is 1.29. The minimum absolute atomic E-state index is 0.232. The average Bonchev–Trinajstić information content (AvgIpc) is 2.23. The average molecular weight is 260 g/mol. The highest BCUT2D eigenvalue weighted by Gasteiger charge is 2.03. The maximum atomic E-state index is 13.3. The van der Waals surface area contributed by atoms with Crippen LogP contribution in [0.4, 0.5) is 4.39 Å². The molecule has 0 radical (unpaired) electrons. The molecule has 6 heteroatoms. The van der Waals surface area contributed by atoms with Crippen molar-refractivity contribution in [3.8, 4) is 0 Å². The molecule has 16 heavy (non-hydrogen) atoms. The number of hydrazone groups is 1. The largest absolute Gasteiger partial charge is 0.362 e. The molecule has 0 bridgehead atoms. The molecule has 0 saturated heterocycles. The first-order valence-electron chi connectivity index (χ1n) is 4.66. The van der Waals surface area contributed by atoms with Gasteiger partial charge >= 0.3 is 0 Å². The maximum absolute atomic E-state index is 13.3. The van der Waals surface area contributed by atoms with Crippen molar-refractivity contribution in [2.75, 3.05) is 6.54 Å². The number of rotatable bonds is 3. The molecule has 1 aromatic rings. The van der Waals surface area contributed by atoms with Gasteiger partial charge in [0.05, 0.1) is 11.2 Å². The van der Waals surface area contributed by atoms with Crippen molar-refractivity contribution in [3.63, 3.8) is 0 Å². The van der Waals surface area contributed by atoms with Crippen LogP contribution in [-0.4, -0.2) is 17.9 Å². The van der Waals surface area contributed by atoms with Gasteiger partial charge in [-0.05, 0) is 31.3 Å². The Labute approximate surface area is 104 Å². The van der Waals surface area contributed by atoms with E-state index in [9.17, 15) is 4.39 Å². The van der Waals surface area contributed by atoms with Gasteiger partial charge in [0.1, 0.15) is 5.82 Å². The second kappa shape index (κ2) is 6.40. The van der Waals surface area contributed by atoms with Crippen molar-refractivity contribution < 1.29 is 4.39 Å². The molecule has 0 fully saturated rings. The summed E-state index contributed by atoms with van der Waals surface area (Å²) in [6, 6.07) is 4.44. The Bertz CT molecular complexity index is 389. The molecule has 0 atom stereocenters. The number of hydrogen-bond acceptors (Lipinski definition) is 2. The molecule has 0 saturated carbocycles. The van der Waals surface area contributed by atoms with Gasteiger partial charge in [-0.25, -0.2) is 4.39 Å². The zero-order chi connectivity index (χ0) is 12.0. The van der Waals surface area contributed by atoms with Crippen LogP contribution in [0.5, 0.6) is 0 Å². The zero-order valence-corrected chi connectivity index (χ0v) is 10.2. The molecule has 0 aliphatic carbocycles. The first-order chi connectivity index (χ1) is 7.65. The summed E-state index contributed by atoms with van der Waals surface area (Å²) in [5, 5.41) is 7.31. The fourth-order valence-electron chi connectivity index (χ4n) is 0.990. The van der Waals surface area contributed by atoms with Crippen molar-refractivity contribution in [2.24, 2.45) is 5.10 Å². The lowest BCUT2D eigenvalue weighted by Crippen LogP contribution is -2.31. The molecule has 0 aromatic heterocycles. The Morgan fingerprint density at radius 2 is 2.38 bits per heavy atom. The van der Waals surface area contributed by atoms with E-state index in [2.05, 4.69) is 15.8 Å². The topological polar surface area (TPSA) is 36.4 Å². The lowest BCUT2D eigenvalue weighted by atomic mass is 10.2. The molecular weight excluding hydrogens is 249 g/mol. The smallest absolute Gasteiger partial charge is 0.186 e. The maximum Gasteiger partial charge on any atom is 0.186 e. The van der Waals surface area contributed by atoms with Gasteiger partial charge in [-0.1, -0.05) is 17.7 Å². The summed E-state index contributed by atoms with van der Waals surface area (Å²) in [5.74, 6) is -0.424. The van der Waals surface area contributed by atoms with Crippen molar-refractivity contribution in [3.05, 3.63) is 34.6 Å². The SMILES string of the molecule is CCNC(=S)NN=Cc1c(F)cccc1Cl. The van der Waals surface area contributed by atoms with Crippen molar-refractivity contribution >= 4 is 35.1 Å². The molecule has 1 rings (SSSR count). The van der Waals surface area contributed by atoms with E-state index in [1.54, 1.807) is 6.07 Å². The molecular formula is C10H11ClFN3S. The highest BCUT2D eigenvalue weighted by molar-refractivity contribution is 7.80. The highest BCUT2D eigenvalue weighted by atomic mass is 35.5. The Morgan fingerprint density at radius 3 is 3.00 bits per heavy atom. The number of benzene rings is 1. The van der Waals surface area contributed by atoms with Gasteiger partial charge in [-0.2, -0.15) is 5.10 Å². The predicted octanol–water partition coefficient (Wildman–Crippen LogP) is 2.30. The molecule has 3 nitrogen and oxygen atoms in total. The normalized spacial score (nSPS) is 10.4. The van der Waals surface area contributed by atoms with Crippen LogP contribution in [0.2, 0.25) is 5.02 Å². The van der Waals surface area contributed by atoms with Crippen molar-refractivity contribution in [1.29, 1.82) is 0 Å². The summed E-state index contributed by atoms with van der Waals surface area (Å²) in [4.78, 5) is 0. The molecule has 0 spiro atoms. The third-order valence-electron chi connectivity index (χ3n) is 1.70. The van der Waals surface area contributed by atoms with E-state index in [4.69, 9.17) is 23.8 Å². The van der Waals surface area contributed by atoms with Crippen LogP contribution in [0, 0.1) is 5.82 Å². The summed E-state index contributed by atoms with van der Waals surface area (Å²) in [6.45, 7) is 2.60. The van der Waals surface area contributed by atoms with E-state index in [-0.39, 0.29) is 5.56 Å². The van der Waals surface area contributed by atoms with Gasteiger partial charge in [0.25, 0.3) is 0 Å². The number of thiocarbonyl (C=S) groups is 1. The monoisotopic (exact) mass is 259 g/mol. The molecule has 0 aliphatic rings. The van der Waals surface area contributed by atoms with Gasteiger partial charge in [0.2, 0.25) is 0 Å². The minimum atomic E-state index is -0.424. The lowest BCUT2D eigenvalue weighted by molar-refractivity contribution is 0.626. The van der Waals surface area contributed by atoms with E-state index >= 15 is 0 Å². The Morgan fingerprint density at radius 1 is 1.62 bits per heavy atom. The highest BCUT2D eigenvalue weighted by Crippen LogP contribution is 2.16. The van der Waals surface area contributed by atoms with Gasteiger partial charge in [-0.3, -0.25) is 5.43 Å². The second-order valence-corrected chi connectivity index (χ2v) is 3.68. The van der Waals surface area contributed by atoms with Crippen LogP contribution >= 0.6 is 23.8 Å². The van der Waals surface area contributed by atoms with E-state index in [1.807, 2.05) is 6.92 Å². The van der Waals surface area contributed by atoms with Crippen LogP contribution in [-0.2, 0) is 0 Å². The van der Waals surface area contributed by atoms with Crippen LogP contribution < -0.4 is 10.7 Å². The van der Waals surface area contributed by atoms with E-state index in [0.717, 1.165) is 0 Å². The summed E-state index contributed by atoms with van der Waals surface area (Å²) in [5.41, 5.74) is 2.78. The third kappa shape index (κ3) is 3.75. The lowest BCUT2D eigenvalue weighted by Gasteiger charge is -2.03. The Hall–Kier alpha value is -1.20. The van der Waals surface area contributed by atoms with Gasteiger partial charge in [0.15, 0.2) is 5.11 Å². The van der Waals surface area contributed by atoms with E-state index < -0.39 is 5.82 Å². The van der Waals surface area contributed by atoms with Crippen molar-refractivity contribution in [1.82, 2.24) is 10.7 Å². The molecule has 0 amide bonds. The fraction of sp³-hybridized carbons (Fsp3) is 0.200. The number of nitrogens with one attached hydrogen (secondary N) is 2. The molecule has 86 valence electrons. The second-order valence-electron chi connectivity index (χ2n) is 2.86. The molecule has 1 aromatic carbocycles. The standard InChI is InChI=1S/C10H11ClFN3S/c1-2-13-10(16)15-14-6-7-8(11)4-3-5-9(7)12/h3-6H,2H2,1H3,(H2,13,15,16). The van der Waals surface area contributed by atoms with E-state index in [0.29, 0.717) is 16.7 Å². The van der Waals surface area contributed by atoms with Crippen LogP contribution in [0.3, 0.4) is 0 Å². The minimum Gasteiger partial charge on any atom is -0.362 e. The summed E-state index contributed by atoms with van der Waals surface area (Å²) >= 11 is 10.7. The zero-order valence-electron chi connectivity index (χ0n) is 8.63. The molecule has 0 unspecified atom stereocenters. The van der Waals surface area contributed by atoms with Crippen molar-refractivity contribution in [2.45, 2.75) is 6.92 Å². The van der Waals surface area contributed by atoms with Gasteiger partial charge < -0.3 is 5.32 Å². The Kier molecular flexibility index (Phi) is 5.14. The number of nitrogens with zero attached hydrogens (tertiary/aromatic N) is 1. The molecule has 0 heterocycles. The number of halogens is 2. The number of hydrogen-bond donors (Lipinski definition) is 2. The quantitative estimate of drug-likeness (QED) is 0.497. The fourth-order valence-corrected chi connectivity index (χ4v) is 1.40. The predicted molar refractivity (Wildman–Crippen MR) is 68.4 cm³/mol. The Balaban J connectivity index is 2.66. The molecule has 2 N–H and O–H groups in total. The molecule has 0 aliphatic heterocycles. The van der Waals surface area contributed by atoms with Crippen LogP contribution in [0.1, 0.15) is 12.5 Å². The van der Waals surface area contributed by atoms with Crippen LogP contribution in [0.25, 0.3) is 0 Å². The van der Waals surface area contributed by atoms with Crippen LogP contribution in [0.15, 0.2) is 23.3 Å². The first-order valence-corrected chi connectivity index (χ1v) is 5.44. The van der Waals surface area contributed by atoms with Gasteiger partial charge in [0, 0.05) is 12.1 Å². The van der Waals surface area contributed by atoms with Gasteiger partial charge in [-0.15, -0.1) is 0 Å².